The molecule has 156 valence electrons. The average molecular weight is 398 g/mol. The van der Waals surface area contributed by atoms with Gasteiger partial charge < -0.3 is 9.80 Å². The number of benzene rings is 1. The maximum absolute atomic E-state index is 13.6. The lowest BCUT2D eigenvalue weighted by molar-refractivity contribution is -0.137. The van der Waals surface area contributed by atoms with Crippen LogP contribution >= 0.6 is 0 Å². The molecule has 3 aliphatic rings. The number of piperidine rings is 2. The van der Waals surface area contributed by atoms with E-state index >= 15 is 0 Å². The SMILES string of the molecule is C[C@H]1C[C@H](C)CN(C(=O)[C@@H](C)N2C(=O)[C@H]3CCCCN3C(=O)c3ccccc32)C1. The number of amides is 3. The molecule has 0 saturated carbocycles. The van der Waals surface area contributed by atoms with Crippen molar-refractivity contribution in [3.63, 3.8) is 0 Å². The minimum Gasteiger partial charge on any atom is -0.340 e. The predicted molar refractivity (Wildman–Crippen MR) is 112 cm³/mol. The Balaban J connectivity index is 1.70. The van der Waals surface area contributed by atoms with Crippen molar-refractivity contribution in [2.75, 3.05) is 24.5 Å². The number of nitrogens with zero attached hydrogens (tertiary/aromatic N) is 3. The van der Waals surface area contributed by atoms with Gasteiger partial charge in [0.25, 0.3) is 11.8 Å². The highest BCUT2D eigenvalue weighted by molar-refractivity contribution is 6.13. The van der Waals surface area contributed by atoms with Crippen molar-refractivity contribution in [3.8, 4) is 0 Å². The lowest BCUT2D eigenvalue weighted by atomic mass is 9.91. The van der Waals surface area contributed by atoms with Crippen molar-refractivity contribution in [1.29, 1.82) is 0 Å². The van der Waals surface area contributed by atoms with Gasteiger partial charge in [0.05, 0.1) is 11.3 Å². The number of anilines is 1. The van der Waals surface area contributed by atoms with Gasteiger partial charge in [0.2, 0.25) is 5.91 Å². The second-order valence-corrected chi connectivity index (χ2v) is 9.10. The van der Waals surface area contributed by atoms with Gasteiger partial charge in [-0.25, -0.2) is 0 Å². The summed E-state index contributed by atoms with van der Waals surface area (Å²) in [6.07, 6.45) is 3.62. The molecule has 2 saturated heterocycles. The normalized spacial score (nSPS) is 28.5. The van der Waals surface area contributed by atoms with Crippen LogP contribution in [0.25, 0.3) is 0 Å². The van der Waals surface area contributed by atoms with Gasteiger partial charge in [0.1, 0.15) is 12.1 Å². The molecule has 6 heteroatoms. The highest BCUT2D eigenvalue weighted by Gasteiger charge is 2.44. The Morgan fingerprint density at radius 3 is 2.48 bits per heavy atom. The Morgan fingerprint density at radius 1 is 1.07 bits per heavy atom. The van der Waals surface area contributed by atoms with Crippen LogP contribution in [0.5, 0.6) is 0 Å². The standard InChI is InChI=1S/C23H31N3O3/c1-15-12-16(2)14-24(13-15)21(27)17(3)26-19-9-5-4-8-18(19)22(28)25-11-7-6-10-20(25)23(26)29/h4-5,8-9,15-17,20H,6-7,10-14H2,1-3H3/t15-,16-,17+,20+/m0/s1. The molecule has 4 rings (SSSR count). The molecule has 3 amide bonds. The van der Waals surface area contributed by atoms with Crippen molar-refractivity contribution < 1.29 is 14.4 Å². The number of rotatable bonds is 2. The van der Waals surface area contributed by atoms with Crippen molar-refractivity contribution in [2.24, 2.45) is 11.8 Å². The second-order valence-electron chi connectivity index (χ2n) is 9.10. The molecule has 0 unspecified atom stereocenters. The summed E-state index contributed by atoms with van der Waals surface area (Å²) in [6.45, 7) is 8.21. The summed E-state index contributed by atoms with van der Waals surface area (Å²) in [5.41, 5.74) is 1.08. The minimum absolute atomic E-state index is 0.0248. The largest absolute Gasteiger partial charge is 0.340 e. The van der Waals surface area contributed by atoms with Crippen LogP contribution in [0.3, 0.4) is 0 Å². The van der Waals surface area contributed by atoms with Gasteiger partial charge in [-0.2, -0.15) is 0 Å². The Kier molecular flexibility index (Phi) is 5.36. The molecule has 29 heavy (non-hydrogen) atoms. The number of fused-ring (bicyclic) bond motifs is 2. The van der Waals surface area contributed by atoms with E-state index in [9.17, 15) is 14.4 Å². The summed E-state index contributed by atoms with van der Waals surface area (Å²) in [4.78, 5) is 45.5. The number of carbonyl (C=O) groups is 3. The molecule has 3 heterocycles. The molecule has 0 spiro atoms. The third kappa shape index (κ3) is 3.53. The van der Waals surface area contributed by atoms with Crippen molar-refractivity contribution >= 4 is 23.4 Å². The van der Waals surface area contributed by atoms with Crippen LogP contribution in [0.4, 0.5) is 5.69 Å². The first-order chi connectivity index (χ1) is 13.9. The molecule has 1 aromatic rings. The van der Waals surface area contributed by atoms with E-state index in [1.165, 1.54) is 0 Å². The number of carbonyl (C=O) groups excluding carboxylic acids is 3. The molecule has 0 aromatic heterocycles. The fourth-order valence-electron chi connectivity index (χ4n) is 5.35. The molecular formula is C23H31N3O3. The van der Waals surface area contributed by atoms with Gasteiger partial charge in [0, 0.05) is 19.6 Å². The fourth-order valence-corrected chi connectivity index (χ4v) is 5.35. The first kappa shape index (κ1) is 19.9. The van der Waals surface area contributed by atoms with Crippen LogP contribution in [-0.4, -0.2) is 59.2 Å². The molecule has 0 aliphatic carbocycles. The summed E-state index contributed by atoms with van der Waals surface area (Å²) in [5, 5.41) is 0. The molecule has 0 N–H and O–H groups in total. The summed E-state index contributed by atoms with van der Waals surface area (Å²) >= 11 is 0. The van der Waals surface area contributed by atoms with Crippen LogP contribution in [0.15, 0.2) is 24.3 Å². The zero-order valence-corrected chi connectivity index (χ0v) is 17.6. The highest BCUT2D eigenvalue weighted by atomic mass is 16.2. The van der Waals surface area contributed by atoms with Gasteiger partial charge in [-0.15, -0.1) is 0 Å². The average Bonchev–Trinajstić information content (AvgIpc) is 2.80. The van der Waals surface area contributed by atoms with E-state index in [0.717, 1.165) is 32.4 Å². The van der Waals surface area contributed by atoms with E-state index in [-0.39, 0.29) is 17.7 Å². The van der Waals surface area contributed by atoms with Crippen LogP contribution in [-0.2, 0) is 9.59 Å². The molecule has 1 aromatic carbocycles. The summed E-state index contributed by atoms with van der Waals surface area (Å²) in [6, 6.07) is 6.13. The third-order valence-electron chi connectivity index (χ3n) is 6.61. The highest BCUT2D eigenvalue weighted by Crippen LogP contribution is 2.34. The minimum atomic E-state index is -0.629. The zero-order chi connectivity index (χ0) is 20.7. The van der Waals surface area contributed by atoms with Gasteiger partial charge in [-0.1, -0.05) is 26.0 Å². The Morgan fingerprint density at radius 2 is 1.76 bits per heavy atom. The van der Waals surface area contributed by atoms with Crippen molar-refractivity contribution in [2.45, 2.75) is 58.5 Å². The predicted octanol–water partition coefficient (Wildman–Crippen LogP) is 2.92. The van der Waals surface area contributed by atoms with E-state index in [0.29, 0.717) is 36.1 Å². The van der Waals surface area contributed by atoms with E-state index in [2.05, 4.69) is 13.8 Å². The molecule has 3 aliphatic heterocycles. The molecule has 0 bridgehead atoms. The molecule has 4 atom stereocenters. The fraction of sp³-hybridized carbons (Fsp3) is 0.609. The van der Waals surface area contributed by atoms with E-state index in [1.54, 1.807) is 21.9 Å². The Hall–Kier alpha value is -2.37. The lowest BCUT2D eigenvalue weighted by Crippen LogP contribution is -2.57. The number of hydrogen-bond acceptors (Lipinski definition) is 3. The lowest BCUT2D eigenvalue weighted by Gasteiger charge is -2.40. The van der Waals surface area contributed by atoms with E-state index < -0.39 is 12.1 Å². The topological polar surface area (TPSA) is 60.9 Å². The molecule has 6 nitrogen and oxygen atoms in total. The molecule has 0 radical (unpaired) electrons. The van der Waals surface area contributed by atoms with Crippen LogP contribution in [0.1, 0.15) is 56.8 Å². The first-order valence-corrected chi connectivity index (χ1v) is 10.9. The smallest absolute Gasteiger partial charge is 0.256 e. The summed E-state index contributed by atoms with van der Waals surface area (Å²) < 4.78 is 0. The Bertz CT molecular complexity index is 813. The maximum Gasteiger partial charge on any atom is 0.256 e. The number of likely N-dealkylation sites (tertiary alicyclic amines) is 1. The van der Waals surface area contributed by atoms with Crippen molar-refractivity contribution in [3.05, 3.63) is 29.8 Å². The zero-order valence-electron chi connectivity index (χ0n) is 17.6. The third-order valence-corrected chi connectivity index (χ3v) is 6.61. The van der Waals surface area contributed by atoms with Crippen LogP contribution in [0.2, 0.25) is 0 Å². The molecule has 2 fully saturated rings. The van der Waals surface area contributed by atoms with E-state index in [4.69, 9.17) is 0 Å². The van der Waals surface area contributed by atoms with Crippen LogP contribution < -0.4 is 4.90 Å². The monoisotopic (exact) mass is 397 g/mol. The van der Waals surface area contributed by atoms with Crippen LogP contribution in [0, 0.1) is 11.8 Å². The molecular weight excluding hydrogens is 366 g/mol. The van der Waals surface area contributed by atoms with Crippen molar-refractivity contribution in [1.82, 2.24) is 9.80 Å². The summed E-state index contributed by atoms with van der Waals surface area (Å²) in [5.74, 6) is 0.668. The first-order valence-electron chi connectivity index (χ1n) is 10.9. The summed E-state index contributed by atoms with van der Waals surface area (Å²) in [7, 11) is 0. The van der Waals surface area contributed by atoms with Gasteiger partial charge >= 0.3 is 0 Å². The second kappa shape index (κ2) is 7.81. The van der Waals surface area contributed by atoms with Gasteiger partial charge in [-0.05, 0) is 56.6 Å². The van der Waals surface area contributed by atoms with E-state index in [1.807, 2.05) is 24.0 Å². The Labute approximate surface area is 172 Å². The maximum atomic E-state index is 13.6. The van der Waals surface area contributed by atoms with Gasteiger partial charge in [0.15, 0.2) is 0 Å². The quantitative estimate of drug-likeness (QED) is 0.771. The van der Waals surface area contributed by atoms with Gasteiger partial charge in [-0.3, -0.25) is 19.3 Å². The number of para-hydroxylation sites is 1. The number of hydrogen-bond donors (Lipinski definition) is 0.